The number of carbonyl (C=O) groups excluding carboxylic acids is 1. The van der Waals surface area contributed by atoms with E-state index in [0.29, 0.717) is 17.3 Å². The maximum atomic E-state index is 12.4. The van der Waals surface area contributed by atoms with Gasteiger partial charge in [-0.15, -0.1) is 0 Å². The lowest BCUT2D eigenvalue weighted by Gasteiger charge is -2.15. The molecule has 2 aromatic carbocycles. The highest BCUT2D eigenvalue weighted by Gasteiger charge is 2.16. The number of hydrogen-bond donors (Lipinski definition) is 1. The molecule has 26 heavy (non-hydrogen) atoms. The van der Waals surface area contributed by atoms with Gasteiger partial charge in [0.2, 0.25) is 0 Å². The minimum atomic E-state index is -0.616. The van der Waals surface area contributed by atoms with Crippen molar-refractivity contribution >= 4 is 28.5 Å². The fourth-order valence-corrected chi connectivity index (χ4v) is 2.99. The molecule has 6 heteroatoms. The predicted molar refractivity (Wildman–Crippen MR) is 104 cm³/mol. The number of nitrogens with one attached hydrogen (secondary N) is 1. The number of para-hydroxylation sites is 2. The van der Waals surface area contributed by atoms with Crippen LogP contribution in [-0.4, -0.2) is 21.6 Å². The smallest absolute Gasteiger partial charge is 0.261 e. The van der Waals surface area contributed by atoms with Gasteiger partial charge in [-0.2, -0.15) is 0 Å². The summed E-state index contributed by atoms with van der Waals surface area (Å²) < 4.78 is 7.82. The molecule has 136 valence electrons. The Labute approximate surface area is 157 Å². The summed E-state index contributed by atoms with van der Waals surface area (Å²) in [7, 11) is 0. The lowest BCUT2D eigenvalue weighted by molar-refractivity contribution is -0.127. The van der Waals surface area contributed by atoms with Crippen LogP contribution >= 0.6 is 11.6 Å². The monoisotopic (exact) mass is 371 g/mol. The van der Waals surface area contributed by atoms with E-state index in [9.17, 15) is 4.79 Å². The minimum absolute atomic E-state index is 0.188. The van der Waals surface area contributed by atoms with Gasteiger partial charge in [0.05, 0.1) is 17.6 Å². The second-order valence-corrected chi connectivity index (χ2v) is 6.56. The highest BCUT2D eigenvalue weighted by molar-refractivity contribution is 6.31. The van der Waals surface area contributed by atoms with Gasteiger partial charge in [0.25, 0.3) is 5.91 Å². The maximum Gasteiger partial charge on any atom is 0.261 e. The number of aryl methyl sites for hydroxylation is 2. The Kier molecular flexibility index (Phi) is 5.47. The van der Waals surface area contributed by atoms with E-state index in [2.05, 4.69) is 21.8 Å². The molecule has 1 aromatic heterocycles. The summed E-state index contributed by atoms with van der Waals surface area (Å²) in [5, 5.41) is 3.58. The zero-order chi connectivity index (χ0) is 18.7. The van der Waals surface area contributed by atoms with E-state index in [1.165, 1.54) is 0 Å². The number of halogens is 1. The van der Waals surface area contributed by atoms with Crippen LogP contribution < -0.4 is 10.1 Å². The van der Waals surface area contributed by atoms with Gasteiger partial charge in [0.1, 0.15) is 11.6 Å². The van der Waals surface area contributed by atoms with Gasteiger partial charge in [0, 0.05) is 11.6 Å². The van der Waals surface area contributed by atoms with Gasteiger partial charge in [-0.25, -0.2) is 4.98 Å². The van der Waals surface area contributed by atoms with E-state index < -0.39 is 6.10 Å². The van der Waals surface area contributed by atoms with Crippen LogP contribution in [0.2, 0.25) is 5.02 Å². The second kappa shape index (κ2) is 7.79. The summed E-state index contributed by atoms with van der Waals surface area (Å²) in [6, 6.07) is 13.3. The van der Waals surface area contributed by atoms with Crippen LogP contribution in [0.1, 0.15) is 25.2 Å². The van der Waals surface area contributed by atoms with E-state index in [1.807, 2.05) is 37.3 Å². The Morgan fingerprint density at radius 3 is 2.81 bits per heavy atom. The van der Waals surface area contributed by atoms with Gasteiger partial charge in [-0.05, 0) is 56.7 Å². The molecule has 1 amide bonds. The zero-order valence-corrected chi connectivity index (χ0v) is 15.9. The number of carbonyl (C=O) groups is 1. The summed E-state index contributed by atoms with van der Waals surface area (Å²) in [5.41, 5.74) is 2.91. The zero-order valence-electron chi connectivity index (χ0n) is 15.1. The number of benzene rings is 2. The topological polar surface area (TPSA) is 56.2 Å². The molecule has 0 fully saturated rings. The minimum Gasteiger partial charge on any atom is -0.481 e. The third-order valence-corrected chi connectivity index (χ3v) is 4.71. The van der Waals surface area contributed by atoms with Crippen LogP contribution in [0.5, 0.6) is 5.75 Å². The average molecular weight is 372 g/mol. The number of ether oxygens (including phenoxy) is 1. The fourth-order valence-electron chi connectivity index (χ4n) is 2.87. The molecular formula is C20H22ClN3O2. The number of rotatable bonds is 6. The van der Waals surface area contributed by atoms with E-state index in [-0.39, 0.29) is 5.91 Å². The Bertz CT molecular complexity index is 936. The SMILES string of the molecule is CCn1c(CNC(=O)C(C)Oc2ccc(Cl)c(C)c2)nc2ccccc21. The summed E-state index contributed by atoms with van der Waals surface area (Å²) >= 11 is 6.02. The number of amides is 1. The molecule has 0 spiro atoms. The van der Waals surface area contributed by atoms with Crippen LogP contribution in [0.25, 0.3) is 11.0 Å². The van der Waals surface area contributed by atoms with Gasteiger partial charge in [-0.3, -0.25) is 4.79 Å². The van der Waals surface area contributed by atoms with Crippen molar-refractivity contribution in [3.8, 4) is 5.75 Å². The van der Waals surface area contributed by atoms with Crippen molar-refractivity contribution in [3.63, 3.8) is 0 Å². The van der Waals surface area contributed by atoms with Crippen LogP contribution in [0, 0.1) is 6.92 Å². The van der Waals surface area contributed by atoms with Crippen molar-refractivity contribution in [3.05, 3.63) is 58.9 Å². The molecule has 1 heterocycles. The maximum absolute atomic E-state index is 12.4. The molecule has 5 nitrogen and oxygen atoms in total. The molecule has 0 aliphatic carbocycles. The van der Waals surface area contributed by atoms with Crippen LogP contribution in [-0.2, 0) is 17.9 Å². The molecule has 1 atom stereocenters. The third-order valence-electron chi connectivity index (χ3n) is 4.28. The van der Waals surface area contributed by atoms with Crippen LogP contribution in [0.4, 0.5) is 0 Å². The normalized spacial score (nSPS) is 12.2. The van der Waals surface area contributed by atoms with Crippen molar-refractivity contribution in [1.29, 1.82) is 0 Å². The largest absolute Gasteiger partial charge is 0.481 e. The number of imidazole rings is 1. The molecule has 0 aliphatic heterocycles. The van der Waals surface area contributed by atoms with Crippen LogP contribution in [0.3, 0.4) is 0 Å². The van der Waals surface area contributed by atoms with E-state index in [4.69, 9.17) is 16.3 Å². The van der Waals surface area contributed by atoms with E-state index >= 15 is 0 Å². The van der Waals surface area contributed by atoms with Crippen LogP contribution in [0.15, 0.2) is 42.5 Å². The fraction of sp³-hybridized carbons (Fsp3) is 0.300. The van der Waals surface area contributed by atoms with Crippen molar-refractivity contribution < 1.29 is 9.53 Å². The number of aromatic nitrogens is 2. The van der Waals surface area contributed by atoms with Gasteiger partial charge >= 0.3 is 0 Å². The molecule has 3 rings (SSSR count). The highest BCUT2D eigenvalue weighted by atomic mass is 35.5. The molecule has 3 aromatic rings. The Hall–Kier alpha value is -2.53. The predicted octanol–water partition coefficient (Wildman–Crippen LogP) is 4.10. The summed E-state index contributed by atoms with van der Waals surface area (Å²) in [6.45, 7) is 6.84. The quantitative estimate of drug-likeness (QED) is 0.709. The first-order valence-electron chi connectivity index (χ1n) is 8.64. The van der Waals surface area contributed by atoms with Crippen molar-refractivity contribution in [2.45, 2.75) is 40.0 Å². The summed E-state index contributed by atoms with van der Waals surface area (Å²) in [5.74, 6) is 1.26. The summed E-state index contributed by atoms with van der Waals surface area (Å²) in [6.07, 6.45) is -0.616. The van der Waals surface area contributed by atoms with Gasteiger partial charge < -0.3 is 14.6 Å². The number of nitrogens with zero attached hydrogens (tertiary/aromatic N) is 2. The first-order chi connectivity index (χ1) is 12.5. The van der Waals surface area contributed by atoms with Crippen molar-refractivity contribution in [2.75, 3.05) is 0 Å². The lowest BCUT2D eigenvalue weighted by atomic mass is 10.2. The lowest BCUT2D eigenvalue weighted by Crippen LogP contribution is -2.36. The average Bonchev–Trinajstić information content (AvgIpc) is 3.00. The van der Waals surface area contributed by atoms with Gasteiger partial charge in [-0.1, -0.05) is 23.7 Å². The van der Waals surface area contributed by atoms with E-state index in [0.717, 1.165) is 29.0 Å². The molecular weight excluding hydrogens is 350 g/mol. The standard InChI is InChI=1S/C20H22ClN3O2/c1-4-24-18-8-6-5-7-17(18)23-19(24)12-22-20(25)14(3)26-15-9-10-16(21)13(2)11-15/h5-11,14H,4,12H2,1-3H3,(H,22,25). The van der Waals surface area contributed by atoms with E-state index in [1.54, 1.807) is 19.1 Å². The second-order valence-electron chi connectivity index (χ2n) is 6.15. The van der Waals surface area contributed by atoms with Crippen molar-refractivity contribution in [1.82, 2.24) is 14.9 Å². The molecule has 1 unspecified atom stereocenters. The molecule has 0 saturated carbocycles. The van der Waals surface area contributed by atoms with Crippen molar-refractivity contribution in [2.24, 2.45) is 0 Å². The third kappa shape index (κ3) is 3.83. The number of fused-ring (bicyclic) bond motifs is 1. The molecule has 0 aliphatic rings. The Morgan fingerprint density at radius 2 is 2.08 bits per heavy atom. The number of hydrogen-bond acceptors (Lipinski definition) is 3. The van der Waals surface area contributed by atoms with Gasteiger partial charge in [0.15, 0.2) is 6.10 Å². The first-order valence-corrected chi connectivity index (χ1v) is 9.02. The highest BCUT2D eigenvalue weighted by Crippen LogP contribution is 2.22. The molecule has 0 saturated heterocycles. The first kappa shape index (κ1) is 18.3. The summed E-state index contributed by atoms with van der Waals surface area (Å²) in [4.78, 5) is 17.0. The Morgan fingerprint density at radius 1 is 1.31 bits per heavy atom. The molecule has 1 N–H and O–H groups in total. The Balaban J connectivity index is 1.65. The molecule has 0 radical (unpaired) electrons. The molecule has 0 bridgehead atoms.